The van der Waals surface area contributed by atoms with E-state index in [9.17, 15) is 9.59 Å². The molecule has 1 saturated heterocycles. The average molecular weight is 447 g/mol. The Morgan fingerprint density at radius 1 is 1.06 bits per heavy atom. The predicted molar refractivity (Wildman–Crippen MR) is 119 cm³/mol. The van der Waals surface area contributed by atoms with E-state index in [-0.39, 0.29) is 11.9 Å². The fourth-order valence-corrected chi connectivity index (χ4v) is 3.59. The number of para-hydroxylation sites is 1. The first-order valence-corrected chi connectivity index (χ1v) is 10.3. The minimum Gasteiger partial charge on any atom is -0.493 e. The van der Waals surface area contributed by atoms with Crippen molar-refractivity contribution in [2.45, 2.75) is 0 Å². The molecule has 2 aromatic rings. The number of anilines is 1. The molecule has 174 valence electrons. The number of amides is 3. The number of piperazine rings is 1. The van der Waals surface area contributed by atoms with E-state index in [4.69, 9.17) is 14.2 Å². The Hall–Kier alpha value is -3.47. The second-order valence-electron chi connectivity index (χ2n) is 7.28. The summed E-state index contributed by atoms with van der Waals surface area (Å²) in [6.07, 6.45) is 1.67. The summed E-state index contributed by atoms with van der Waals surface area (Å²) in [5.74, 6) is 1.26. The lowest BCUT2D eigenvalue weighted by Gasteiger charge is -2.34. The average Bonchev–Trinajstić information content (AvgIpc) is 3.19. The van der Waals surface area contributed by atoms with Crippen LogP contribution in [0.1, 0.15) is 10.4 Å². The van der Waals surface area contributed by atoms with Gasteiger partial charge in [-0.2, -0.15) is 0 Å². The number of carbonyl (C=O) groups excluding carboxylic acids is 2. The zero-order valence-electron chi connectivity index (χ0n) is 18.9. The maximum absolute atomic E-state index is 12.8. The molecule has 1 aliphatic rings. The molecule has 0 spiro atoms. The van der Waals surface area contributed by atoms with Crippen molar-refractivity contribution in [3.63, 3.8) is 0 Å². The Morgan fingerprint density at radius 2 is 1.81 bits per heavy atom. The van der Waals surface area contributed by atoms with Crippen LogP contribution < -0.4 is 24.8 Å². The van der Waals surface area contributed by atoms with Crippen LogP contribution in [-0.4, -0.2) is 92.1 Å². The van der Waals surface area contributed by atoms with Gasteiger partial charge < -0.3 is 29.7 Å². The van der Waals surface area contributed by atoms with E-state index in [0.29, 0.717) is 54.8 Å². The van der Waals surface area contributed by atoms with Crippen molar-refractivity contribution in [1.29, 1.82) is 0 Å². The number of hydrogen-bond donors (Lipinski definition) is 2. The van der Waals surface area contributed by atoms with E-state index >= 15 is 0 Å². The van der Waals surface area contributed by atoms with Gasteiger partial charge in [-0.05, 0) is 12.1 Å². The highest BCUT2D eigenvalue weighted by atomic mass is 16.5. The van der Waals surface area contributed by atoms with Crippen molar-refractivity contribution < 1.29 is 23.8 Å². The smallest absolute Gasteiger partial charge is 0.319 e. The number of aromatic nitrogens is 2. The van der Waals surface area contributed by atoms with Crippen LogP contribution in [0.15, 0.2) is 24.4 Å². The van der Waals surface area contributed by atoms with Gasteiger partial charge >= 0.3 is 6.03 Å². The summed E-state index contributed by atoms with van der Waals surface area (Å²) in [6, 6.07) is 4.96. The summed E-state index contributed by atoms with van der Waals surface area (Å²) in [5, 5.41) is 9.77. The molecular weight excluding hydrogens is 416 g/mol. The van der Waals surface area contributed by atoms with Crippen molar-refractivity contribution in [2.24, 2.45) is 7.05 Å². The normalized spacial score (nSPS) is 14.1. The highest BCUT2D eigenvalue weighted by molar-refractivity contribution is 5.96. The van der Waals surface area contributed by atoms with E-state index in [0.717, 1.165) is 13.1 Å². The molecule has 3 amide bonds. The van der Waals surface area contributed by atoms with Gasteiger partial charge in [0, 0.05) is 52.5 Å². The zero-order chi connectivity index (χ0) is 23.1. The molecule has 1 aliphatic heterocycles. The third kappa shape index (κ3) is 5.41. The molecule has 11 nitrogen and oxygen atoms in total. The molecule has 1 fully saturated rings. The van der Waals surface area contributed by atoms with Gasteiger partial charge in [0.25, 0.3) is 5.91 Å². The molecule has 3 rings (SSSR count). The summed E-state index contributed by atoms with van der Waals surface area (Å²) >= 11 is 0. The highest BCUT2D eigenvalue weighted by Crippen LogP contribution is 2.34. The van der Waals surface area contributed by atoms with Crippen LogP contribution in [0, 0.1) is 0 Å². The Morgan fingerprint density at radius 3 is 2.47 bits per heavy atom. The maximum Gasteiger partial charge on any atom is 0.319 e. The van der Waals surface area contributed by atoms with Crippen molar-refractivity contribution >= 4 is 17.6 Å². The quantitative estimate of drug-likeness (QED) is 0.623. The molecule has 2 N–H and O–H groups in total. The van der Waals surface area contributed by atoms with Crippen molar-refractivity contribution in [3.05, 3.63) is 30.0 Å². The van der Waals surface area contributed by atoms with Crippen LogP contribution in [0.2, 0.25) is 0 Å². The van der Waals surface area contributed by atoms with Crippen LogP contribution in [0.5, 0.6) is 17.4 Å². The van der Waals surface area contributed by atoms with E-state index in [1.165, 1.54) is 14.2 Å². The summed E-state index contributed by atoms with van der Waals surface area (Å²) in [7, 11) is 6.33. The molecule has 0 saturated carbocycles. The number of nitrogens with one attached hydrogen (secondary N) is 2. The van der Waals surface area contributed by atoms with Crippen molar-refractivity contribution in [2.75, 3.05) is 65.9 Å². The number of carbonyl (C=O) groups is 2. The SMILES string of the molecule is COc1cccc(NC(=O)NCCN2CCN(C(=O)c3cn(C)nc3OC)CC2)c1OC. The van der Waals surface area contributed by atoms with Gasteiger partial charge in [0.15, 0.2) is 11.5 Å². The molecule has 0 unspecified atom stereocenters. The van der Waals surface area contributed by atoms with Gasteiger partial charge in [0.1, 0.15) is 5.56 Å². The molecular formula is C21H30N6O5. The van der Waals surface area contributed by atoms with Crippen LogP contribution in [0.3, 0.4) is 0 Å². The molecule has 0 bridgehead atoms. The second kappa shape index (κ2) is 10.7. The lowest BCUT2D eigenvalue weighted by Crippen LogP contribution is -2.50. The highest BCUT2D eigenvalue weighted by Gasteiger charge is 2.26. The topological polar surface area (TPSA) is 110 Å². The third-order valence-corrected chi connectivity index (χ3v) is 5.24. The first-order valence-electron chi connectivity index (χ1n) is 10.3. The largest absolute Gasteiger partial charge is 0.493 e. The van der Waals surface area contributed by atoms with E-state index < -0.39 is 0 Å². The molecule has 32 heavy (non-hydrogen) atoms. The number of hydrogen-bond acceptors (Lipinski definition) is 7. The molecule has 1 aromatic carbocycles. The molecule has 2 heterocycles. The fourth-order valence-electron chi connectivity index (χ4n) is 3.59. The number of benzene rings is 1. The number of nitrogens with zero attached hydrogens (tertiary/aromatic N) is 4. The van der Waals surface area contributed by atoms with Crippen molar-refractivity contribution in [1.82, 2.24) is 24.9 Å². The second-order valence-corrected chi connectivity index (χ2v) is 7.28. The maximum atomic E-state index is 12.8. The predicted octanol–water partition coefficient (Wildman–Crippen LogP) is 1.03. The first-order chi connectivity index (χ1) is 15.5. The number of urea groups is 1. The summed E-state index contributed by atoms with van der Waals surface area (Å²) in [4.78, 5) is 29.0. The van der Waals surface area contributed by atoms with Gasteiger partial charge in [-0.15, -0.1) is 5.10 Å². The Kier molecular flexibility index (Phi) is 7.77. The number of ether oxygens (including phenoxy) is 3. The fraction of sp³-hybridized carbons (Fsp3) is 0.476. The van der Waals surface area contributed by atoms with Gasteiger partial charge in [0.2, 0.25) is 5.88 Å². The summed E-state index contributed by atoms with van der Waals surface area (Å²) in [6.45, 7) is 3.81. The number of methoxy groups -OCH3 is 3. The lowest BCUT2D eigenvalue weighted by molar-refractivity contribution is 0.0636. The number of rotatable bonds is 8. The zero-order valence-corrected chi connectivity index (χ0v) is 18.9. The standard InChI is InChI=1S/C21H30N6O5/c1-25-14-15(19(24-25)32-4)20(28)27-12-10-26(11-13-27)9-8-22-21(29)23-16-6-5-7-17(30-2)18(16)31-3/h5-7,14H,8-13H2,1-4H3,(H2,22,23,29). The molecule has 11 heteroatoms. The summed E-state index contributed by atoms with van der Waals surface area (Å²) in [5.41, 5.74) is 0.997. The Balaban J connectivity index is 1.43. The van der Waals surface area contributed by atoms with Crippen LogP contribution in [0.25, 0.3) is 0 Å². The van der Waals surface area contributed by atoms with Crippen molar-refractivity contribution in [3.8, 4) is 17.4 Å². The van der Waals surface area contributed by atoms with Crippen LogP contribution >= 0.6 is 0 Å². The monoisotopic (exact) mass is 446 g/mol. The Labute approximate surface area is 187 Å². The molecule has 1 aromatic heterocycles. The molecule has 0 radical (unpaired) electrons. The van der Waals surface area contributed by atoms with Crippen LogP contribution in [0.4, 0.5) is 10.5 Å². The summed E-state index contributed by atoms with van der Waals surface area (Å²) < 4.78 is 17.3. The third-order valence-electron chi connectivity index (χ3n) is 5.24. The Bertz CT molecular complexity index is 939. The first kappa shape index (κ1) is 23.2. The van der Waals surface area contributed by atoms with E-state index in [1.807, 2.05) is 0 Å². The van der Waals surface area contributed by atoms with Gasteiger partial charge in [0.05, 0.1) is 27.0 Å². The number of aryl methyl sites for hydroxylation is 1. The van der Waals surface area contributed by atoms with E-state index in [1.54, 1.807) is 48.1 Å². The van der Waals surface area contributed by atoms with Gasteiger partial charge in [-0.1, -0.05) is 6.07 Å². The molecule has 0 aliphatic carbocycles. The minimum atomic E-state index is -0.325. The van der Waals surface area contributed by atoms with Gasteiger partial charge in [-0.3, -0.25) is 14.4 Å². The van der Waals surface area contributed by atoms with E-state index in [2.05, 4.69) is 20.6 Å². The van der Waals surface area contributed by atoms with Gasteiger partial charge in [-0.25, -0.2) is 4.79 Å². The molecule has 0 atom stereocenters. The lowest BCUT2D eigenvalue weighted by atomic mass is 10.2. The van der Waals surface area contributed by atoms with Crippen LogP contribution in [-0.2, 0) is 7.05 Å². The minimum absolute atomic E-state index is 0.0839.